The maximum Gasteiger partial charge on any atom is 0.213 e. The lowest BCUT2D eigenvalue weighted by atomic mass is 10.2. The number of ether oxygens (including phenoxy) is 1. The molecule has 0 aliphatic heterocycles. The Morgan fingerprint density at radius 3 is 2.83 bits per heavy atom. The Kier molecular flexibility index (Phi) is 5.55. The molecule has 0 saturated carbocycles. The van der Waals surface area contributed by atoms with Crippen LogP contribution < -0.4 is 10.1 Å². The van der Waals surface area contributed by atoms with Crippen LogP contribution in [-0.4, -0.2) is 38.1 Å². The topological polar surface area (TPSA) is 68.3 Å². The van der Waals surface area contributed by atoms with Crippen LogP contribution >= 0.6 is 0 Å². The molecule has 0 fully saturated rings. The van der Waals surface area contributed by atoms with Gasteiger partial charge >= 0.3 is 0 Å². The lowest BCUT2D eigenvalue weighted by Crippen LogP contribution is -2.33. The predicted molar refractivity (Wildman–Crippen MR) is 71.4 cm³/mol. The standard InChI is InChI=1S/C12H20N2O3S/c1-4-18(15,16)9-10(2)14-8-11-5-6-13-12(7-11)17-3/h5-7,10,14H,4,8-9H2,1-3H3. The van der Waals surface area contributed by atoms with Crippen molar-refractivity contribution < 1.29 is 13.2 Å². The zero-order chi connectivity index (χ0) is 13.6. The minimum atomic E-state index is -2.94. The van der Waals surface area contributed by atoms with Crippen molar-refractivity contribution in [2.75, 3.05) is 18.6 Å². The molecule has 0 spiro atoms. The van der Waals surface area contributed by atoms with Gasteiger partial charge in [0.15, 0.2) is 9.84 Å². The average molecular weight is 272 g/mol. The van der Waals surface area contributed by atoms with Crippen LogP contribution in [0.2, 0.25) is 0 Å². The van der Waals surface area contributed by atoms with Gasteiger partial charge in [-0.15, -0.1) is 0 Å². The van der Waals surface area contributed by atoms with E-state index in [9.17, 15) is 8.42 Å². The van der Waals surface area contributed by atoms with Crippen molar-refractivity contribution in [3.8, 4) is 5.88 Å². The second-order valence-electron chi connectivity index (χ2n) is 4.19. The third kappa shape index (κ3) is 5.01. The first-order valence-corrected chi connectivity index (χ1v) is 7.71. The summed E-state index contributed by atoms with van der Waals surface area (Å²) in [5.74, 6) is 0.900. The van der Waals surface area contributed by atoms with E-state index in [0.717, 1.165) is 5.56 Å². The van der Waals surface area contributed by atoms with Crippen LogP contribution in [0.1, 0.15) is 19.4 Å². The van der Waals surface area contributed by atoms with Crippen molar-refractivity contribution >= 4 is 9.84 Å². The Hall–Kier alpha value is -1.14. The highest BCUT2D eigenvalue weighted by Crippen LogP contribution is 2.08. The summed E-state index contributed by atoms with van der Waals surface area (Å²) in [6.45, 7) is 4.13. The first kappa shape index (κ1) is 14.9. The second-order valence-corrected chi connectivity index (χ2v) is 6.59. The summed E-state index contributed by atoms with van der Waals surface area (Å²) in [6, 6.07) is 3.62. The van der Waals surface area contributed by atoms with Crippen LogP contribution in [-0.2, 0) is 16.4 Å². The number of sulfone groups is 1. The number of nitrogens with one attached hydrogen (secondary N) is 1. The molecule has 18 heavy (non-hydrogen) atoms. The van der Waals surface area contributed by atoms with Crippen molar-refractivity contribution in [2.24, 2.45) is 0 Å². The highest BCUT2D eigenvalue weighted by Gasteiger charge is 2.13. The van der Waals surface area contributed by atoms with E-state index >= 15 is 0 Å². The lowest BCUT2D eigenvalue weighted by Gasteiger charge is -2.13. The quantitative estimate of drug-likeness (QED) is 0.802. The van der Waals surface area contributed by atoms with Gasteiger partial charge in [0.2, 0.25) is 5.88 Å². The first-order chi connectivity index (χ1) is 8.46. The molecular weight excluding hydrogens is 252 g/mol. The number of hydrogen-bond donors (Lipinski definition) is 1. The molecule has 1 aromatic heterocycles. The summed E-state index contributed by atoms with van der Waals surface area (Å²) in [7, 11) is -1.37. The number of pyridine rings is 1. The minimum Gasteiger partial charge on any atom is -0.481 e. The summed E-state index contributed by atoms with van der Waals surface area (Å²) in [5.41, 5.74) is 1.02. The molecule has 1 N–H and O–H groups in total. The average Bonchev–Trinajstić information content (AvgIpc) is 2.36. The number of methoxy groups -OCH3 is 1. The van der Waals surface area contributed by atoms with E-state index in [1.54, 1.807) is 20.2 Å². The van der Waals surface area contributed by atoms with E-state index in [0.29, 0.717) is 12.4 Å². The van der Waals surface area contributed by atoms with Crippen LogP contribution in [0.4, 0.5) is 0 Å². The van der Waals surface area contributed by atoms with Crippen molar-refractivity contribution in [1.82, 2.24) is 10.3 Å². The molecule has 6 heteroatoms. The van der Waals surface area contributed by atoms with E-state index in [4.69, 9.17) is 4.74 Å². The molecule has 1 atom stereocenters. The molecule has 102 valence electrons. The largest absolute Gasteiger partial charge is 0.481 e. The Bertz CT molecular complexity index is 474. The number of hydrogen-bond acceptors (Lipinski definition) is 5. The van der Waals surface area contributed by atoms with E-state index in [1.165, 1.54) is 0 Å². The summed E-state index contributed by atoms with van der Waals surface area (Å²) >= 11 is 0. The fourth-order valence-corrected chi connectivity index (χ4v) is 2.64. The normalized spacial score (nSPS) is 13.3. The first-order valence-electron chi connectivity index (χ1n) is 5.89. The van der Waals surface area contributed by atoms with Gasteiger partial charge in [-0.25, -0.2) is 13.4 Å². The van der Waals surface area contributed by atoms with Crippen molar-refractivity contribution in [3.05, 3.63) is 23.9 Å². The molecule has 0 bridgehead atoms. The zero-order valence-corrected chi connectivity index (χ0v) is 11.8. The van der Waals surface area contributed by atoms with Crippen LogP contribution in [0.5, 0.6) is 5.88 Å². The molecule has 0 aromatic carbocycles. The third-order valence-corrected chi connectivity index (χ3v) is 4.49. The molecule has 0 radical (unpaired) electrons. The van der Waals surface area contributed by atoms with Gasteiger partial charge in [-0.2, -0.15) is 0 Å². The monoisotopic (exact) mass is 272 g/mol. The molecular formula is C12H20N2O3S. The molecule has 1 aromatic rings. The number of aromatic nitrogens is 1. The molecule has 1 unspecified atom stereocenters. The molecule has 5 nitrogen and oxygen atoms in total. The SMILES string of the molecule is CCS(=O)(=O)CC(C)NCc1ccnc(OC)c1. The van der Waals surface area contributed by atoms with Crippen LogP contribution in [0.3, 0.4) is 0 Å². The van der Waals surface area contributed by atoms with Gasteiger partial charge in [0.1, 0.15) is 0 Å². The summed E-state index contributed by atoms with van der Waals surface area (Å²) < 4.78 is 27.9. The maximum absolute atomic E-state index is 11.5. The van der Waals surface area contributed by atoms with Crippen molar-refractivity contribution in [3.63, 3.8) is 0 Å². The van der Waals surface area contributed by atoms with E-state index < -0.39 is 9.84 Å². The Morgan fingerprint density at radius 1 is 1.50 bits per heavy atom. The van der Waals surface area contributed by atoms with Gasteiger partial charge < -0.3 is 10.1 Å². The van der Waals surface area contributed by atoms with Gasteiger partial charge in [-0.1, -0.05) is 6.92 Å². The second kappa shape index (κ2) is 6.70. The summed E-state index contributed by atoms with van der Waals surface area (Å²) in [5, 5.41) is 3.18. The van der Waals surface area contributed by atoms with Gasteiger partial charge in [0.25, 0.3) is 0 Å². The van der Waals surface area contributed by atoms with Crippen molar-refractivity contribution in [2.45, 2.75) is 26.4 Å². The van der Waals surface area contributed by atoms with Gasteiger partial charge in [0.05, 0.1) is 12.9 Å². The Balaban J connectivity index is 2.49. The van der Waals surface area contributed by atoms with Gasteiger partial charge in [-0.3, -0.25) is 0 Å². The van der Waals surface area contributed by atoms with Crippen LogP contribution in [0.25, 0.3) is 0 Å². The Morgan fingerprint density at radius 2 is 2.22 bits per heavy atom. The highest BCUT2D eigenvalue weighted by molar-refractivity contribution is 7.91. The number of rotatable bonds is 7. The zero-order valence-electron chi connectivity index (χ0n) is 11.0. The smallest absolute Gasteiger partial charge is 0.213 e. The fourth-order valence-electron chi connectivity index (χ4n) is 1.52. The van der Waals surface area contributed by atoms with E-state index in [1.807, 2.05) is 19.1 Å². The van der Waals surface area contributed by atoms with Crippen molar-refractivity contribution in [1.29, 1.82) is 0 Å². The van der Waals surface area contributed by atoms with Crippen LogP contribution in [0, 0.1) is 0 Å². The van der Waals surface area contributed by atoms with E-state index in [2.05, 4.69) is 10.3 Å². The molecule has 1 heterocycles. The predicted octanol–water partition coefficient (Wildman–Crippen LogP) is 1.00. The molecule has 0 amide bonds. The van der Waals surface area contributed by atoms with Crippen LogP contribution in [0.15, 0.2) is 18.3 Å². The van der Waals surface area contributed by atoms with Gasteiger partial charge in [-0.05, 0) is 18.6 Å². The van der Waals surface area contributed by atoms with E-state index in [-0.39, 0.29) is 17.5 Å². The third-order valence-electron chi connectivity index (χ3n) is 2.61. The molecule has 1 rings (SSSR count). The molecule has 0 aliphatic rings. The maximum atomic E-state index is 11.5. The lowest BCUT2D eigenvalue weighted by molar-refractivity contribution is 0.397. The Labute approximate surface area is 108 Å². The molecule has 0 aliphatic carbocycles. The fraction of sp³-hybridized carbons (Fsp3) is 0.583. The summed E-state index contributed by atoms with van der Waals surface area (Å²) in [4.78, 5) is 4.01. The highest BCUT2D eigenvalue weighted by atomic mass is 32.2. The number of nitrogens with zero attached hydrogens (tertiary/aromatic N) is 1. The summed E-state index contributed by atoms with van der Waals surface area (Å²) in [6.07, 6.45) is 1.67. The van der Waals surface area contributed by atoms with Gasteiger partial charge in [0, 0.05) is 30.6 Å². The molecule has 0 saturated heterocycles. The minimum absolute atomic E-state index is 0.0749.